The first kappa shape index (κ1) is 18.8. The molecule has 0 saturated carbocycles. The van der Waals surface area contributed by atoms with Crippen LogP contribution in [0.1, 0.15) is 5.56 Å². The molecule has 0 spiro atoms. The summed E-state index contributed by atoms with van der Waals surface area (Å²) in [6.45, 7) is 7.58. The maximum atomic E-state index is 5.51. The fourth-order valence-electron chi connectivity index (χ4n) is 3.82. The van der Waals surface area contributed by atoms with Gasteiger partial charge in [-0.3, -0.25) is 14.8 Å². The first-order valence-electron chi connectivity index (χ1n) is 9.23. The summed E-state index contributed by atoms with van der Waals surface area (Å²) in [5.74, 6) is 2.53. The Morgan fingerprint density at radius 1 is 1.23 bits per heavy atom. The molecule has 1 aromatic carbocycles. The van der Waals surface area contributed by atoms with Gasteiger partial charge in [-0.25, -0.2) is 0 Å². The van der Waals surface area contributed by atoms with Gasteiger partial charge in [0.15, 0.2) is 5.96 Å². The molecule has 1 aromatic rings. The summed E-state index contributed by atoms with van der Waals surface area (Å²) in [4.78, 5) is 11.7. The lowest BCUT2D eigenvalue weighted by molar-refractivity contribution is 0.0152. The number of benzene rings is 1. The summed E-state index contributed by atoms with van der Waals surface area (Å²) in [6.07, 6.45) is 0. The number of rotatable bonds is 6. The van der Waals surface area contributed by atoms with Crippen LogP contribution in [0.25, 0.3) is 0 Å². The average molecular weight is 361 g/mol. The quantitative estimate of drug-likeness (QED) is 0.595. The van der Waals surface area contributed by atoms with Gasteiger partial charge in [0.25, 0.3) is 0 Å². The predicted molar refractivity (Wildman–Crippen MR) is 104 cm³/mol. The normalized spacial score (nSPS) is 25.1. The van der Waals surface area contributed by atoms with Crippen LogP contribution in [0, 0.1) is 0 Å². The summed E-state index contributed by atoms with van der Waals surface area (Å²) >= 11 is 0. The van der Waals surface area contributed by atoms with Crippen molar-refractivity contribution in [3.63, 3.8) is 0 Å². The third kappa shape index (κ3) is 4.22. The molecule has 26 heavy (non-hydrogen) atoms. The lowest BCUT2D eigenvalue weighted by Crippen LogP contribution is -2.63. The molecule has 1 atom stereocenters. The highest BCUT2D eigenvalue weighted by Gasteiger charge is 2.31. The van der Waals surface area contributed by atoms with E-state index in [-0.39, 0.29) is 0 Å². The number of ether oxygens (including phenoxy) is 2. The highest BCUT2D eigenvalue weighted by molar-refractivity contribution is 5.79. The molecule has 7 nitrogen and oxygen atoms in total. The minimum atomic E-state index is 0.568. The first-order valence-corrected chi connectivity index (χ1v) is 9.23. The summed E-state index contributed by atoms with van der Waals surface area (Å²) < 4.78 is 10.8. The van der Waals surface area contributed by atoms with Crippen LogP contribution in [-0.2, 0) is 6.54 Å². The Labute approximate surface area is 156 Å². The zero-order valence-corrected chi connectivity index (χ0v) is 16.4. The zero-order valence-electron chi connectivity index (χ0n) is 16.4. The minimum Gasteiger partial charge on any atom is -0.497 e. The minimum absolute atomic E-state index is 0.568. The Balaban J connectivity index is 1.58. The molecule has 0 amide bonds. The molecule has 0 radical (unpaired) electrons. The summed E-state index contributed by atoms with van der Waals surface area (Å²) in [5, 5.41) is 3.55. The van der Waals surface area contributed by atoms with Crippen molar-refractivity contribution >= 4 is 5.96 Å². The van der Waals surface area contributed by atoms with Crippen molar-refractivity contribution in [2.24, 2.45) is 4.99 Å². The zero-order chi connectivity index (χ0) is 18.5. The van der Waals surface area contributed by atoms with Gasteiger partial charge in [-0.2, -0.15) is 0 Å². The maximum Gasteiger partial charge on any atom is 0.193 e. The van der Waals surface area contributed by atoms with E-state index in [1.807, 2.05) is 25.2 Å². The van der Waals surface area contributed by atoms with Gasteiger partial charge in [0.05, 0.1) is 14.2 Å². The molecule has 3 aliphatic rings. The van der Waals surface area contributed by atoms with Gasteiger partial charge in [-0.1, -0.05) is 0 Å². The molecule has 3 aliphatic heterocycles. The molecule has 4 rings (SSSR count). The lowest BCUT2D eigenvalue weighted by Gasteiger charge is -2.47. The third-order valence-electron chi connectivity index (χ3n) is 5.36. The summed E-state index contributed by atoms with van der Waals surface area (Å²) in [6, 6.07) is 6.49. The number of hydrogen-bond donors (Lipinski definition) is 1. The second-order valence-corrected chi connectivity index (χ2v) is 6.95. The molecule has 3 fully saturated rings. The molecule has 7 heteroatoms. The third-order valence-corrected chi connectivity index (χ3v) is 5.36. The van der Waals surface area contributed by atoms with Gasteiger partial charge >= 0.3 is 0 Å². The Hall–Kier alpha value is -1.99. The fraction of sp³-hybridized carbons (Fsp3) is 0.632. The smallest absolute Gasteiger partial charge is 0.193 e. The van der Waals surface area contributed by atoms with Gasteiger partial charge < -0.3 is 19.7 Å². The number of nitrogens with zero attached hydrogens (tertiary/aromatic N) is 4. The van der Waals surface area contributed by atoms with Gasteiger partial charge in [0.2, 0.25) is 0 Å². The second-order valence-electron chi connectivity index (χ2n) is 6.95. The molecule has 1 unspecified atom stereocenters. The molecular formula is C19H31N5O2. The van der Waals surface area contributed by atoms with E-state index in [0.29, 0.717) is 12.6 Å². The molecule has 0 aromatic heterocycles. The average Bonchev–Trinajstić information content (AvgIpc) is 2.69. The number of methoxy groups -OCH3 is 2. The van der Waals surface area contributed by atoms with Crippen LogP contribution in [0.3, 0.4) is 0 Å². The number of piperazine rings is 3. The van der Waals surface area contributed by atoms with Crippen LogP contribution in [0.4, 0.5) is 0 Å². The van der Waals surface area contributed by atoms with E-state index in [9.17, 15) is 0 Å². The van der Waals surface area contributed by atoms with Gasteiger partial charge in [0, 0.05) is 77.6 Å². The largest absolute Gasteiger partial charge is 0.497 e. The van der Waals surface area contributed by atoms with Crippen molar-refractivity contribution in [3.05, 3.63) is 23.8 Å². The van der Waals surface area contributed by atoms with E-state index in [4.69, 9.17) is 9.47 Å². The summed E-state index contributed by atoms with van der Waals surface area (Å²) in [7, 11) is 7.24. The van der Waals surface area contributed by atoms with Gasteiger partial charge in [-0.05, 0) is 12.1 Å². The number of fused-ring (bicyclic) bond motifs is 3. The van der Waals surface area contributed by atoms with Crippen molar-refractivity contribution in [2.45, 2.75) is 12.6 Å². The van der Waals surface area contributed by atoms with Crippen LogP contribution in [0.15, 0.2) is 23.2 Å². The van der Waals surface area contributed by atoms with E-state index in [1.165, 1.54) is 26.2 Å². The Morgan fingerprint density at radius 2 is 2.00 bits per heavy atom. The highest BCUT2D eigenvalue weighted by Crippen LogP contribution is 2.25. The van der Waals surface area contributed by atoms with Crippen LogP contribution in [0.2, 0.25) is 0 Å². The molecule has 3 saturated heterocycles. The van der Waals surface area contributed by atoms with Crippen LogP contribution >= 0.6 is 0 Å². The van der Waals surface area contributed by atoms with Crippen molar-refractivity contribution in [3.8, 4) is 11.5 Å². The maximum absolute atomic E-state index is 5.51. The van der Waals surface area contributed by atoms with Gasteiger partial charge in [0.1, 0.15) is 11.5 Å². The van der Waals surface area contributed by atoms with E-state index >= 15 is 0 Å². The Morgan fingerprint density at radius 3 is 2.58 bits per heavy atom. The summed E-state index contributed by atoms with van der Waals surface area (Å²) in [5.41, 5.74) is 1.10. The van der Waals surface area contributed by atoms with Gasteiger partial charge in [-0.15, -0.1) is 0 Å². The van der Waals surface area contributed by atoms with Crippen molar-refractivity contribution in [2.75, 3.05) is 67.6 Å². The topological polar surface area (TPSA) is 52.6 Å². The molecule has 2 bridgehead atoms. The molecule has 1 N–H and O–H groups in total. The molecule has 0 aliphatic carbocycles. The Kier molecular flexibility index (Phi) is 6.21. The predicted octanol–water partition coefficient (Wildman–Crippen LogP) is 0.711. The van der Waals surface area contributed by atoms with Crippen LogP contribution < -0.4 is 14.8 Å². The van der Waals surface area contributed by atoms with Crippen LogP contribution in [-0.4, -0.2) is 94.3 Å². The second kappa shape index (κ2) is 8.60. The number of aliphatic imine (C=N–C) groups is 1. The van der Waals surface area contributed by atoms with Crippen molar-refractivity contribution < 1.29 is 9.47 Å². The fourth-order valence-corrected chi connectivity index (χ4v) is 3.82. The van der Waals surface area contributed by atoms with E-state index in [1.54, 1.807) is 14.2 Å². The van der Waals surface area contributed by atoms with Crippen molar-refractivity contribution in [1.29, 1.82) is 0 Å². The Bertz CT molecular complexity index is 628. The number of hydrogen-bond acceptors (Lipinski definition) is 5. The molecule has 3 heterocycles. The standard InChI is InChI=1S/C19H31N5O2/c1-20-19(21-12-16-14-23-7-9-24(16)10-8-23)22(2)13-15-5-6-17(25-3)11-18(15)26-4/h5-6,11,16H,7-10,12-14H2,1-4H3,(H,20,21). The number of nitrogens with one attached hydrogen (secondary N) is 1. The van der Waals surface area contributed by atoms with Crippen molar-refractivity contribution in [1.82, 2.24) is 20.0 Å². The van der Waals surface area contributed by atoms with Crippen LogP contribution in [0.5, 0.6) is 11.5 Å². The number of guanidine groups is 1. The van der Waals surface area contributed by atoms with E-state index in [2.05, 4.69) is 32.1 Å². The molecular weight excluding hydrogens is 330 g/mol. The monoisotopic (exact) mass is 361 g/mol. The SMILES string of the molecule is CN=C(NCC1CN2CCN1CC2)N(C)Cc1ccc(OC)cc1OC. The highest BCUT2D eigenvalue weighted by atomic mass is 16.5. The first-order chi connectivity index (χ1) is 12.6. The van der Waals surface area contributed by atoms with E-state index in [0.717, 1.165) is 36.1 Å². The lowest BCUT2D eigenvalue weighted by atomic mass is 10.1. The van der Waals surface area contributed by atoms with E-state index < -0.39 is 0 Å². The molecule has 144 valence electrons.